The smallest absolute Gasteiger partial charge is 0.189 e. The van der Waals surface area contributed by atoms with E-state index in [0.29, 0.717) is 5.02 Å². The molecule has 2 heterocycles. The molecule has 0 bridgehead atoms. The minimum Gasteiger partial charge on any atom is -0.312 e. The van der Waals surface area contributed by atoms with Gasteiger partial charge in [-0.15, -0.1) is 0 Å². The molecule has 1 saturated heterocycles. The van der Waals surface area contributed by atoms with Gasteiger partial charge in [-0.1, -0.05) is 22.9 Å². The summed E-state index contributed by atoms with van der Waals surface area (Å²) in [5, 5.41) is 4.44. The summed E-state index contributed by atoms with van der Waals surface area (Å²) in [5.74, 6) is 0. The number of nitrogens with one attached hydrogen (secondary N) is 1. The standard InChI is InChI=1S/C9H8ClN2OPS/c10-6-1-2-8-7(5-6)11-9(15-8)12-14(13)3-4-14/h1-2,5H,3-4H2,(H,11,12,13). The molecule has 3 rings (SSSR count). The zero-order valence-electron chi connectivity index (χ0n) is 7.74. The molecule has 1 fully saturated rings. The van der Waals surface area contributed by atoms with Crippen molar-refractivity contribution in [1.82, 2.24) is 4.98 Å². The van der Waals surface area contributed by atoms with Crippen molar-refractivity contribution in [2.75, 3.05) is 17.4 Å². The van der Waals surface area contributed by atoms with Gasteiger partial charge >= 0.3 is 0 Å². The number of halogens is 1. The molecule has 1 aromatic heterocycles. The van der Waals surface area contributed by atoms with Gasteiger partial charge in [0.25, 0.3) is 0 Å². The Kier molecular flexibility index (Phi) is 2.06. The van der Waals surface area contributed by atoms with Crippen LogP contribution in [0.1, 0.15) is 0 Å². The van der Waals surface area contributed by atoms with Gasteiger partial charge in [0.05, 0.1) is 10.2 Å². The van der Waals surface area contributed by atoms with E-state index in [1.165, 1.54) is 11.3 Å². The van der Waals surface area contributed by atoms with E-state index in [2.05, 4.69) is 10.1 Å². The summed E-state index contributed by atoms with van der Waals surface area (Å²) < 4.78 is 12.7. The average molecular weight is 259 g/mol. The summed E-state index contributed by atoms with van der Waals surface area (Å²) in [6.07, 6.45) is 1.59. The predicted octanol–water partition coefficient (Wildman–Crippen LogP) is 3.65. The Morgan fingerprint density at radius 3 is 3.00 bits per heavy atom. The molecule has 2 aromatic rings. The fourth-order valence-corrected chi connectivity index (χ4v) is 4.22. The summed E-state index contributed by atoms with van der Waals surface area (Å²) in [6, 6.07) is 5.59. The predicted molar refractivity (Wildman–Crippen MR) is 65.6 cm³/mol. The highest BCUT2D eigenvalue weighted by atomic mass is 35.5. The Labute approximate surface area is 95.9 Å². The first kappa shape index (κ1) is 9.64. The summed E-state index contributed by atoms with van der Waals surface area (Å²) >= 11 is 7.38. The van der Waals surface area contributed by atoms with Gasteiger partial charge in [-0.3, -0.25) is 0 Å². The highest BCUT2D eigenvalue weighted by Gasteiger charge is 2.36. The quantitative estimate of drug-likeness (QED) is 0.836. The van der Waals surface area contributed by atoms with Crippen LogP contribution in [0.25, 0.3) is 10.2 Å². The second-order valence-corrected chi connectivity index (χ2v) is 7.94. The number of thiazole rings is 1. The van der Waals surface area contributed by atoms with Crippen LogP contribution in [-0.2, 0) is 4.57 Å². The summed E-state index contributed by atoms with van der Waals surface area (Å²) in [7, 11) is -2.04. The van der Waals surface area contributed by atoms with Crippen molar-refractivity contribution in [2.24, 2.45) is 0 Å². The molecule has 0 spiro atoms. The van der Waals surface area contributed by atoms with E-state index in [0.717, 1.165) is 27.7 Å². The van der Waals surface area contributed by atoms with E-state index in [-0.39, 0.29) is 0 Å². The van der Waals surface area contributed by atoms with Crippen LogP contribution >= 0.6 is 30.2 Å². The molecule has 1 aromatic carbocycles. The van der Waals surface area contributed by atoms with Crippen LogP contribution in [0.5, 0.6) is 0 Å². The van der Waals surface area contributed by atoms with E-state index in [1.54, 1.807) is 0 Å². The number of anilines is 1. The second kappa shape index (κ2) is 3.21. The number of rotatable bonds is 2. The molecule has 1 aliphatic rings. The van der Waals surface area contributed by atoms with E-state index in [1.807, 2.05) is 18.2 Å². The third-order valence-electron chi connectivity index (χ3n) is 2.28. The van der Waals surface area contributed by atoms with Crippen LogP contribution in [0, 0.1) is 0 Å². The lowest BCUT2D eigenvalue weighted by molar-refractivity contribution is 0.591. The molecule has 6 heteroatoms. The first-order valence-electron chi connectivity index (χ1n) is 4.57. The minimum atomic E-state index is -2.04. The first-order valence-corrected chi connectivity index (χ1v) is 7.84. The number of nitrogens with zero attached hydrogens (tertiary/aromatic N) is 1. The Hall–Kier alpha value is -0.570. The van der Waals surface area contributed by atoms with Gasteiger partial charge in [-0.05, 0) is 18.2 Å². The Morgan fingerprint density at radius 2 is 2.27 bits per heavy atom. The van der Waals surface area contributed by atoms with E-state index in [4.69, 9.17) is 11.6 Å². The van der Waals surface area contributed by atoms with Crippen molar-refractivity contribution in [2.45, 2.75) is 0 Å². The summed E-state index contributed by atoms with van der Waals surface area (Å²) in [6.45, 7) is 0. The van der Waals surface area contributed by atoms with E-state index >= 15 is 0 Å². The number of benzene rings is 1. The lowest BCUT2D eigenvalue weighted by Gasteiger charge is -1.96. The Balaban J connectivity index is 2.02. The molecule has 1 aliphatic heterocycles. The molecule has 0 atom stereocenters. The van der Waals surface area contributed by atoms with Gasteiger partial charge in [0.15, 0.2) is 12.4 Å². The molecule has 1 N–H and O–H groups in total. The highest BCUT2D eigenvalue weighted by molar-refractivity contribution is 7.73. The van der Waals surface area contributed by atoms with Gasteiger partial charge in [-0.25, -0.2) is 4.98 Å². The molecule has 0 unspecified atom stereocenters. The van der Waals surface area contributed by atoms with E-state index < -0.39 is 7.29 Å². The van der Waals surface area contributed by atoms with Crippen LogP contribution in [0.3, 0.4) is 0 Å². The fourth-order valence-electron chi connectivity index (χ4n) is 1.33. The van der Waals surface area contributed by atoms with Crippen molar-refractivity contribution in [1.29, 1.82) is 0 Å². The molecule has 0 amide bonds. The molecule has 0 saturated carbocycles. The number of fused-ring (bicyclic) bond motifs is 1. The van der Waals surface area contributed by atoms with Crippen molar-refractivity contribution >= 4 is 45.6 Å². The first-order chi connectivity index (χ1) is 7.15. The molecule has 0 aliphatic carbocycles. The number of aromatic nitrogens is 1. The average Bonchev–Trinajstić information content (AvgIpc) is 2.76. The zero-order valence-corrected chi connectivity index (χ0v) is 10.2. The maximum atomic E-state index is 11.7. The number of hydrogen-bond acceptors (Lipinski definition) is 3. The summed E-state index contributed by atoms with van der Waals surface area (Å²) in [5.41, 5.74) is 0.864. The van der Waals surface area contributed by atoms with Crippen LogP contribution < -0.4 is 5.09 Å². The molecule has 78 valence electrons. The van der Waals surface area contributed by atoms with Crippen molar-refractivity contribution in [3.63, 3.8) is 0 Å². The zero-order chi connectivity index (χ0) is 10.5. The molecule has 0 radical (unpaired) electrons. The fraction of sp³-hybridized carbons (Fsp3) is 0.222. The molecule has 15 heavy (non-hydrogen) atoms. The topological polar surface area (TPSA) is 42.0 Å². The van der Waals surface area contributed by atoms with E-state index in [9.17, 15) is 4.57 Å². The third-order valence-corrected chi connectivity index (χ3v) is 5.50. The minimum absolute atomic E-state index is 0.678. The monoisotopic (exact) mass is 258 g/mol. The Bertz CT molecular complexity index is 574. The van der Waals surface area contributed by atoms with Gasteiger partial charge in [0.1, 0.15) is 0 Å². The van der Waals surface area contributed by atoms with Crippen molar-refractivity contribution in [3.05, 3.63) is 23.2 Å². The molecular formula is C9H8ClN2OPS. The van der Waals surface area contributed by atoms with Crippen LogP contribution in [0.2, 0.25) is 5.02 Å². The highest BCUT2D eigenvalue weighted by Crippen LogP contribution is 2.59. The van der Waals surface area contributed by atoms with Crippen LogP contribution in [0.15, 0.2) is 18.2 Å². The Morgan fingerprint density at radius 1 is 1.47 bits per heavy atom. The van der Waals surface area contributed by atoms with Crippen molar-refractivity contribution in [3.8, 4) is 0 Å². The largest absolute Gasteiger partial charge is 0.312 e. The van der Waals surface area contributed by atoms with Gasteiger partial charge in [0, 0.05) is 17.3 Å². The maximum absolute atomic E-state index is 11.7. The second-order valence-electron chi connectivity index (χ2n) is 3.58. The SMILES string of the molecule is O=P1(Nc2nc3cc(Cl)ccc3s2)CC1. The van der Waals surface area contributed by atoms with Crippen LogP contribution in [0.4, 0.5) is 5.13 Å². The van der Waals surface area contributed by atoms with Gasteiger partial charge in [0.2, 0.25) is 0 Å². The third kappa shape index (κ3) is 1.89. The lowest BCUT2D eigenvalue weighted by atomic mass is 10.3. The maximum Gasteiger partial charge on any atom is 0.189 e. The van der Waals surface area contributed by atoms with Crippen LogP contribution in [-0.4, -0.2) is 17.3 Å². The van der Waals surface area contributed by atoms with Gasteiger partial charge < -0.3 is 9.65 Å². The molecule has 3 nitrogen and oxygen atoms in total. The number of hydrogen-bond donors (Lipinski definition) is 1. The van der Waals surface area contributed by atoms with Crippen molar-refractivity contribution < 1.29 is 4.57 Å². The summed E-state index contributed by atoms with van der Waals surface area (Å²) in [4.78, 5) is 4.35. The molecular weight excluding hydrogens is 251 g/mol. The van der Waals surface area contributed by atoms with Gasteiger partial charge in [-0.2, -0.15) is 0 Å². The lowest BCUT2D eigenvalue weighted by Crippen LogP contribution is -1.83. The normalized spacial score (nSPS) is 17.9.